The zero-order valence-corrected chi connectivity index (χ0v) is 20.1. The Bertz CT molecular complexity index is 1270. The summed E-state index contributed by atoms with van der Waals surface area (Å²) in [5.74, 6) is -0.0921. The van der Waals surface area contributed by atoms with E-state index in [1.807, 2.05) is 86.3 Å². The van der Waals surface area contributed by atoms with E-state index in [2.05, 4.69) is 10.6 Å². The minimum atomic E-state index is -1.06. The Balaban J connectivity index is 1.63. The molecule has 2 aliphatic heterocycles. The van der Waals surface area contributed by atoms with Gasteiger partial charge in [-0.25, -0.2) is 0 Å². The Labute approximate surface area is 203 Å². The number of thiocarbonyl (C=S) groups is 1. The SMILES string of the molecule is Cc1ccc(NC(=O)[C@@H]2[C@@H]3NC(=S)N(c4ccccc4)[C@@]2(C)Oc2ccc(Cl)cc23)c(C)c1. The maximum Gasteiger partial charge on any atom is 0.236 e. The monoisotopic (exact) mass is 477 g/mol. The van der Waals surface area contributed by atoms with Gasteiger partial charge in [-0.2, -0.15) is 0 Å². The first-order valence-corrected chi connectivity index (χ1v) is 11.6. The van der Waals surface area contributed by atoms with Gasteiger partial charge in [0.15, 0.2) is 10.8 Å². The number of carbonyl (C=O) groups is 1. The van der Waals surface area contributed by atoms with Gasteiger partial charge in [-0.05, 0) is 75.0 Å². The molecule has 5 rings (SSSR count). The molecule has 3 aromatic carbocycles. The molecule has 2 bridgehead atoms. The van der Waals surface area contributed by atoms with Crippen molar-refractivity contribution in [2.45, 2.75) is 32.5 Å². The zero-order valence-electron chi connectivity index (χ0n) is 18.6. The van der Waals surface area contributed by atoms with E-state index in [1.165, 1.54) is 0 Å². The van der Waals surface area contributed by atoms with Crippen molar-refractivity contribution in [3.8, 4) is 5.75 Å². The van der Waals surface area contributed by atoms with Crippen LogP contribution in [0.1, 0.15) is 29.7 Å². The second-order valence-electron chi connectivity index (χ2n) is 8.72. The van der Waals surface area contributed by atoms with Crippen LogP contribution in [-0.4, -0.2) is 16.7 Å². The molecule has 0 radical (unpaired) electrons. The summed E-state index contributed by atoms with van der Waals surface area (Å²) in [6, 6.07) is 20.8. The molecule has 0 unspecified atom stereocenters. The number of benzene rings is 3. The Morgan fingerprint density at radius 3 is 2.61 bits per heavy atom. The highest BCUT2D eigenvalue weighted by Gasteiger charge is 2.59. The van der Waals surface area contributed by atoms with Crippen LogP contribution in [0, 0.1) is 19.8 Å². The second-order valence-corrected chi connectivity index (χ2v) is 9.55. The lowest BCUT2D eigenvalue weighted by Crippen LogP contribution is -2.72. The molecule has 168 valence electrons. The molecule has 1 saturated heterocycles. The van der Waals surface area contributed by atoms with Gasteiger partial charge < -0.3 is 15.4 Å². The van der Waals surface area contributed by atoms with E-state index in [1.54, 1.807) is 6.07 Å². The fourth-order valence-electron chi connectivity index (χ4n) is 4.88. The summed E-state index contributed by atoms with van der Waals surface area (Å²) in [5.41, 5.74) is 3.52. The van der Waals surface area contributed by atoms with Crippen molar-refractivity contribution in [3.63, 3.8) is 0 Å². The molecule has 0 aliphatic carbocycles. The highest BCUT2D eigenvalue weighted by Crippen LogP contribution is 2.50. The largest absolute Gasteiger partial charge is 0.467 e. The quantitative estimate of drug-likeness (QED) is 0.470. The van der Waals surface area contributed by atoms with Gasteiger partial charge in [0, 0.05) is 22.0 Å². The maximum absolute atomic E-state index is 13.9. The molecule has 1 fully saturated rings. The molecule has 0 spiro atoms. The Kier molecular flexibility index (Phi) is 5.30. The molecular formula is C26H24ClN3O2S. The lowest BCUT2D eigenvalue weighted by molar-refractivity contribution is -0.130. The third-order valence-electron chi connectivity index (χ3n) is 6.40. The van der Waals surface area contributed by atoms with E-state index in [-0.39, 0.29) is 5.91 Å². The third kappa shape index (κ3) is 3.63. The zero-order chi connectivity index (χ0) is 23.3. The van der Waals surface area contributed by atoms with Gasteiger partial charge in [0.05, 0.1) is 6.04 Å². The molecule has 2 heterocycles. The van der Waals surface area contributed by atoms with Crippen molar-refractivity contribution in [2.75, 3.05) is 10.2 Å². The van der Waals surface area contributed by atoms with Crippen LogP contribution in [0.2, 0.25) is 5.02 Å². The Morgan fingerprint density at radius 2 is 1.88 bits per heavy atom. The summed E-state index contributed by atoms with van der Waals surface area (Å²) in [4.78, 5) is 15.8. The molecule has 0 saturated carbocycles. The topological polar surface area (TPSA) is 53.6 Å². The average Bonchev–Trinajstić information content (AvgIpc) is 2.76. The van der Waals surface area contributed by atoms with Crippen LogP contribution in [0.25, 0.3) is 0 Å². The van der Waals surface area contributed by atoms with Crippen LogP contribution in [0.3, 0.4) is 0 Å². The first-order chi connectivity index (χ1) is 15.8. The molecule has 1 amide bonds. The van der Waals surface area contributed by atoms with Crippen molar-refractivity contribution in [2.24, 2.45) is 5.92 Å². The molecule has 2 N–H and O–H groups in total. The summed E-state index contributed by atoms with van der Waals surface area (Å²) in [7, 11) is 0. The van der Waals surface area contributed by atoms with Crippen LogP contribution >= 0.6 is 23.8 Å². The van der Waals surface area contributed by atoms with E-state index in [0.717, 1.165) is 28.1 Å². The number of hydrogen-bond acceptors (Lipinski definition) is 3. The number of para-hydroxylation sites is 1. The molecule has 3 atom stereocenters. The van der Waals surface area contributed by atoms with Gasteiger partial charge in [-0.15, -0.1) is 0 Å². The molecule has 3 aromatic rings. The van der Waals surface area contributed by atoms with E-state index in [9.17, 15) is 4.79 Å². The van der Waals surface area contributed by atoms with Gasteiger partial charge in [0.1, 0.15) is 11.7 Å². The first-order valence-electron chi connectivity index (χ1n) is 10.8. The van der Waals surface area contributed by atoms with Gasteiger partial charge in [-0.3, -0.25) is 9.69 Å². The average molecular weight is 478 g/mol. The first kappa shape index (κ1) is 21.7. The molecule has 33 heavy (non-hydrogen) atoms. The number of ether oxygens (including phenoxy) is 1. The number of nitrogens with zero attached hydrogens (tertiary/aromatic N) is 1. The van der Waals surface area contributed by atoms with Crippen LogP contribution < -0.4 is 20.3 Å². The predicted molar refractivity (Wildman–Crippen MR) is 136 cm³/mol. The highest BCUT2D eigenvalue weighted by molar-refractivity contribution is 7.80. The van der Waals surface area contributed by atoms with Gasteiger partial charge in [0.2, 0.25) is 5.91 Å². The van der Waals surface area contributed by atoms with Crippen molar-refractivity contribution in [1.82, 2.24) is 5.32 Å². The number of hydrogen-bond donors (Lipinski definition) is 2. The molecule has 0 aromatic heterocycles. The number of carbonyl (C=O) groups excluding carboxylic acids is 1. The fraction of sp³-hybridized carbons (Fsp3) is 0.231. The van der Waals surface area contributed by atoms with E-state index >= 15 is 0 Å². The van der Waals surface area contributed by atoms with Gasteiger partial charge in [0.25, 0.3) is 0 Å². The van der Waals surface area contributed by atoms with Crippen molar-refractivity contribution in [3.05, 3.63) is 88.4 Å². The molecule has 7 heteroatoms. The Morgan fingerprint density at radius 1 is 1.12 bits per heavy atom. The highest BCUT2D eigenvalue weighted by atomic mass is 35.5. The fourth-order valence-corrected chi connectivity index (χ4v) is 5.48. The van der Waals surface area contributed by atoms with Crippen molar-refractivity contribution < 1.29 is 9.53 Å². The second kappa shape index (κ2) is 8.04. The summed E-state index contributed by atoms with van der Waals surface area (Å²) in [5, 5.41) is 7.61. The predicted octanol–water partition coefficient (Wildman–Crippen LogP) is 5.76. The lowest BCUT2D eigenvalue weighted by atomic mass is 9.78. The lowest BCUT2D eigenvalue weighted by Gasteiger charge is -2.56. The van der Waals surface area contributed by atoms with E-state index < -0.39 is 17.7 Å². The number of rotatable bonds is 3. The van der Waals surface area contributed by atoms with Crippen LogP contribution in [0.5, 0.6) is 5.75 Å². The summed E-state index contributed by atoms with van der Waals surface area (Å²) in [6.45, 7) is 5.94. The van der Waals surface area contributed by atoms with Crippen molar-refractivity contribution >= 4 is 46.2 Å². The van der Waals surface area contributed by atoms with Crippen molar-refractivity contribution in [1.29, 1.82) is 0 Å². The standard InChI is InChI=1S/C26H24ClN3O2S/c1-15-9-11-20(16(2)13-15)28-24(31)22-23-19-14-17(27)10-12-21(19)32-26(22,3)30(25(33)29-23)18-7-5-4-6-8-18/h4-14,22-23H,1-3H3,(H,28,31)(H,29,33)/t22-,23+,26-/m0/s1. The number of aryl methyl sites for hydroxylation is 2. The van der Waals surface area contributed by atoms with Crippen LogP contribution in [0.4, 0.5) is 11.4 Å². The third-order valence-corrected chi connectivity index (χ3v) is 6.93. The molecule has 5 nitrogen and oxygen atoms in total. The van der Waals surface area contributed by atoms with Crippen LogP contribution in [0.15, 0.2) is 66.7 Å². The van der Waals surface area contributed by atoms with E-state index in [4.69, 9.17) is 28.6 Å². The number of amides is 1. The number of nitrogens with one attached hydrogen (secondary N) is 2. The van der Waals surface area contributed by atoms with Crippen LogP contribution in [-0.2, 0) is 4.79 Å². The normalized spacial score (nSPS) is 23.3. The summed E-state index contributed by atoms with van der Waals surface area (Å²) < 4.78 is 6.58. The molecule has 2 aliphatic rings. The Hall–Kier alpha value is -3.09. The number of anilines is 2. The van der Waals surface area contributed by atoms with Gasteiger partial charge in [-0.1, -0.05) is 47.5 Å². The maximum atomic E-state index is 13.9. The summed E-state index contributed by atoms with van der Waals surface area (Å²) in [6.07, 6.45) is 0. The van der Waals surface area contributed by atoms with Gasteiger partial charge >= 0.3 is 0 Å². The minimum Gasteiger partial charge on any atom is -0.467 e. The number of halogens is 1. The molecular weight excluding hydrogens is 454 g/mol. The summed E-state index contributed by atoms with van der Waals surface area (Å²) >= 11 is 12.1. The van der Waals surface area contributed by atoms with E-state index in [0.29, 0.717) is 15.9 Å². The smallest absolute Gasteiger partial charge is 0.236 e. The minimum absolute atomic E-state index is 0.156. The number of fused-ring (bicyclic) bond motifs is 4.